The molecule has 0 bridgehead atoms. The van der Waals surface area contributed by atoms with Crippen LogP contribution in [0.25, 0.3) is 0 Å². The second-order valence-electron chi connectivity index (χ2n) is 6.36. The van der Waals surface area contributed by atoms with Crippen molar-refractivity contribution in [3.63, 3.8) is 0 Å². The van der Waals surface area contributed by atoms with Crippen molar-refractivity contribution >= 4 is 34.2 Å². The van der Waals surface area contributed by atoms with Gasteiger partial charge in [0.25, 0.3) is 0 Å². The SMILES string of the molecule is CCOC(=O)c1sc(NC(=O)Cc2ccc(C)cc2C)c(C(=O)OCC)c1C. The first kappa shape index (κ1) is 21.6. The molecule has 0 saturated carbocycles. The van der Waals surface area contributed by atoms with E-state index in [4.69, 9.17) is 9.47 Å². The zero-order chi connectivity index (χ0) is 20.8. The molecule has 0 atom stereocenters. The maximum Gasteiger partial charge on any atom is 0.348 e. The number of rotatable bonds is 7. The van der Waals surface area contributed by atoms with Gasteiger partial charge in [0, 0.05) is 0 Å². The van der Waals surface area contributed by atoms with E-state index in [9.17, 15) is 14.4 Å². The second kappa shape index (κ2) is 9.50. The number of hydrogen-bond donors (Lipinski definition) is 1. The molecular formula is C21H25NO5S. The number of esters is 2. The summed E-state index contributed by atoms with van der Waals surface area (Å²) in [6.45, 7) is 9.42. The van der Waals surface area contributed by atoms with Gasteiger partial charge in [-0.25, -0.2) is 9.59 Å². The molecule has 28 heavy (non-hydrogen) atoms. The maximum absolute atomic E-state index is 12.6. The topological polar surface area (TPSA) is 81.7 Å². The summed E-state index contributed by atoms with van der Waals surface area (Å²) in [7, 11) is 0. The van der Waals surface area contributed by atoms with E-state index in [-0.39, 0.29) is 36.0 Å². The summed E-state index contributed by atoms with van der Waals surface area (Å²) in [5.74, 6) is -1.37. The van der Waals surface area contributed by atoms with Gasteiger partial charge in [-0.3, -0.25) is 4.79 Å². The highest BCUT2D eigenvalue weighted by molar-refractivity contribution is 7.18. The first-order valence-corrected chi connectivity index (χ1v) is 9.93. The molecule has 2 rings (SSSR count). The van der Waals surface area contributed by atoms with Gasteiger partial charge >= 0.3 is 11.9 Å². The van der Waals surface area contributed by atoms with E-state index >= 15 is 0 Å². The molecule has 150 valence electrons. The summed E-state index contributed by atoms with van der Waals surface area (Å²) < 4.78 is 10.1. The van der Waals surface area contributed by atoms with Crippen molar-refractivity contribution in [2.45, 2.75) is 41.0 Å². The molecule has 0 unspecified atom stereocenters. The number of amides is 1. The highest BCUT2D eigenvalue weighted by atomic mass is 32.1. The molecular weight excluding hydrogens is 378 g/mol. The summed E-state index contributed by atoms with van der Waals surface area (Å²) >= 11 is 1.03. The zero-order valence-electron chi connectivity index (χ0n) is 16.8. The van der Waals surface area contributed by atoms with Gasteiger partial charge in [-0.2, -0.15) is 0 Å². The standard InChI is InChI=1S/C21H25NO5S/c1-6-26-20(24)17-14(5)18(21(25)27-7-2)28-19(17)22-16(23)11-15-9-8-12(3)10-13(15)4/h8-10H,6-7,11H2,1-5H3,(H,22,23). The van der Waals surface area contributed by atoms with E-state index in [1.54, 1.807) is 20.8 Å². The fraction of sp³-hybridized carbons (Fsp3) is 0.381. The first-order valence-electron chi connectivity index (χ1n) is 9.12. The number of aryl methyl sites for hydroxylation is 2. The van der Waals surface area contributed by atoms with E-state index in [2.05, 4.69) is 5.32 Å². The molecule has 6 nitrogen and oxygen atoms in total. The van der Waals surface area contributed by atoms with Crippen molar-refractivity contribution in [2.24, 2.45) is 0 Å². The largest absolute Gasteiger partial charge is 0.462 e. The smallest absolute Gasteiger partial charge is 0.348 e. The summed E-state index contributed by atoms with van der Waals surface area (Å²) in [5, 5.41) is 3.07. The number of carbonyl (C=O) groups excluding carboxylic acids is 3. The number of anilines is 1. The van der Waals surface area contributed by atoms with Crippen LogP contribution in [-0.4, -0.2) is 31.1 Å². The Morgan fingerprint density at radius 2 is 1.64 bits per heavy atom. The lowest BCUT2D eigenvalue weighted by atomic mass is 10.0. The van der Waals surface area contributed by atoms with Gasteiger partial charge in [0.15, 0.2) is 0 Å². The Morgan fingerprint density at radius 1 is 1.00 bits per heavy atom. The Balaban J connectivity index is 2.31. The summed E-state index contributed by atoms with van der Waals surface area (Å²) in [6, 6.07) is 5.88. The lowest BCUT2D eigenvalue weighted by molar-refractivity contribution is -0.115. The van der Waals surface area contributed by atoms with E-state index in [1.165, 1.54) is 0 Å². The molecule has 0 aliphatic heterocycles. The third kappa shape index (κ3) is 4.98. The Labute approximate surface area is 168 Å². The van der Waals surface area contributed by atoms with Gasteiger partial charge in [0.2, 0.25) is 5.91 Å². The van der Waals surface area contributed by atoms with Crippen molar-refractivity contribution in [3.8, 4) is 0 Å². The molecule has 0 spiro atoms. The predicted octanol–water partition coefficient (Wildman–Crippen LogP) is 4.21. The number of hydrogen-bond acceptors (Lipinski definition) is 6. The zero-order valence-corrected chi connectivity index (χ0v) is 17.6. The van der Waals surface area contributed by atoms with Crippen LogP contribution in [0, 0.1) is 20.8 Å². The minimum atomic E-state index is -0.575. The average molecular weight is 404 g/mol. The first-order chi connectivity index (χ1) is 13.3. The van der Waals surface area contributed by atoms with Crippen LogP contribution in [0.3, 0.4) is 0 Å². The monoisotopic (exact) mass is 403 g/mol. The molecule has 2 aromatic rings. The third-order valence-corrected chi connectivity index (χ3v) is 5.38. The van der Waals surface area contributed by atoms with Crippen molar-refractivity contribution in [2.75, 3.05) is 18.5 Å². The second-order valence-corrected chi connectivity index (χ2v) is 7.38. The van der Waals surface area contributed by atoms with Crippen molar-refractivity contribution < 1.29 is 23.9 Å². The molecule has 1 heterocycles. The number of thiophene rings is 1. The van der Waals surface area contributed by atoms with E-state index in [0.717, 1.165) is 28.0 Å². The molecule has 0 saturated heterocycles. The van der Waals surface area contributed by atoms with Crippen molar-refractivity contribution in [1.29, 1.82) is 0 Å². The van der Waals surface area contributed by atoms with Crippen molar-refractivity contribution in [1.82, 2.24) is 0 Å². The van der Waals surface area contributed by atoms with Gasteiger partial charge in [-0.1, -0.05) is 23.8 Å². The fourth-order valence-corrected chi connectivity index (χ4v) is 3.93. The Hall–Kier alpha value is -2.67. The molecule has 0 fully saturated rings. The van der Waals surface area contributed by atoms with Crippen LogP contribution in [0.2, 0.25) is 0 Å². The average Bonchev–Trinajstić information content (AvgIpc) is 2.94. The van der Waals surface area contributed by atoms with Crippen LogP contribution in [0.4, 0.5) is 5.00 Å². The van der Waals surface area contributed by atoms with Crippen LogP contribution in [-0.2, 0) is 20.7 Å². The number of benzene rings is 1. The Bertz CT molecular complexity index is 900. The minimum absolute atomic E-state index is 0.167. The summed E-state index contributed by atoms with van der Waals surface area (Å²) in [5.41, 5.74) is 3.70. The molecule has 1 aromatic heterocycles. The van der Waals surface area contributed by atoms with Gasteiger partial charge < -0.3 is 14.8 Å². The van der Waals surface area contributed by atoms with E-state index in [1.807, 2.05) is 32.0 Å². The van der Waals surface area contributed by atoms with Gasteiger partial charge in [-0.15, -0.1) is 11.3 Å². The predicted molar refractivity (Wildman–Crippen MR) is 109 cm³/mol. The van der Waals surface area contributed by atoms with E-state index < -0.39 is 11.9 Å². The Morgan fingerprint density at radius 3 is 2.25 bits per heavy atom. The van der Waals surface area contributed by atoms with Crippen LogP contribution in [0.15, 0.2) is 18.2 Å². The van der Waals surface area contributed by atoms with Crippen LogP contribution >= 0.6 is 11.3 Å². The van der Waals surface area contributed by atoms with Crippen molar-refractivity contribution in [3.05, 3.63) is 50.9 Å². The number of carbonyl (C=O) groups is 3. The highest BCUT2D eigenvalue weighted by Gasteiger charge is 2.27. The lowest BCUT2D eigenvalue weighted by Crippen LogP contribution is -2.17. The maximum atomic E-state index is 12.6. The molecule has 1 N–H and O–H groups in total. The quantitative estimate of drug-likeness (QED) is 0.701. The Kier molecular flexibility index (Phi) is 7.34. The van der Waals surface area contributed by atoms with Crippen LogP contribution in [0.1, 0.15) is 56.1 Å². The molecule has 0 radical (unpaired) electrons. The van der Waals surface area contributed by atoms with Crippen LogP contribution < -0.4 is 5.32 Å². The molecule has 0 aliphatic carbocycles. The fourth-order valence-electron chi connectivity index (χ4n) is 2.83. The van der Waals surface area contributed by atoms with E-state index in [0.29, 0.717) is 10.6 Å². The molecule has 7 heteroatoms. The van der Waals surface area contributed by atoms with Gasteiger partial charge in [0.05, 0.1) is 25.2 Å². The molecule has 1 amide bonds. The molecule has 0 aliphatic rings. The number of ether oxygens (including phenoxy) is 2. The van der Waals surface area contributed by atoms with Crippen LogP contribution in [0.5, 0.6) is 0 Å². The minimum Gasteiger partial charge on any atom is -0.462 e. The normalized spacial score (nSPS) is 10.5. The lowest BCUT2D eigenvalue weighted by Gasteiger charge is -2.09. The summed E-state index contributed by atoms with van der Waals surface area (Å²) in [6.07, 6.45) is 0.167. The third-order valence-electron chi connectivity index (χ3n) is 4.19. The number of nitrogens with one attached hydrogen (secondary N) is 1. The highest BCUT2D eigenvalue weighted by Crippen LogP contribution is 2.34. The van der Waals surface area contributed by atoms with Gasteiger partial charge in [0.1, 0.15) is 9.88 Å². The van der Waals surface area contributed by atoms with Gasteiger partial charge in [-0.05, 0) is 51.3 Å². The molecule has 1 aromatic carbocycles. The summed E-state index contributed by atoms with van der Waals surface area (Å²) in [4.78, 5) is 37.5.